The Hall–Kier alpha value is -2.34. The molecule has 1 saturated heterocycles. The van der Waals surface area contributed by atoms with Crippen molar-refractivity contribution in [2.24, 2.45) is 0 Å². The highest BCUT2D eigenvalue weighted by Gasteiger charge is 2.26. The number of aromatic amines is 1. The van der Waals surface area contributed by atoms with Gasteiger partial charge in [-0.2, -0.15) is 0 Å². The molecule has 1 aromatic heterocycles. The van der Waals surface area contributed by atoms with E-state index in [9.17, 15) is 14.7 Å². The Bertz CT molecular complexity index is 725. The molecule has 2 amide bonds. The molecule has 6 nitrogen and oxygen atoms in total. The molecule has 0 aliphatic carbocycles. The summed E-state index contributed by atoms with van der Waals surface area (Å²) >= 11 is 0. The van der Waals surface area contributed by atoms with Crippen molar-refractivity contribution in [1.29, 1.82) is 0 Å². The second kappa shape index (κ2) is 7.49. The molecule has 1 fully saturated rings. The number of aliphatic hydroxyl groups is 1. The van der Waals surface area contributed by atoms with E-state index in [2.05, 4.69) is 16.4 Å². The van der Waals surface area contributed by atoms with Gasteiger partial charge in [0.25, 0.3) is 5.91 Å². The molecule has 1 unspecified atom stereocenters. The Morgan fingerprint density at radius 2 is 2.17 bits per heavy atom. The largest absolute Gasteiger partial charge is 0.383 e. The fourth-order valence-electron chi connectivity index (χ4n) is 3.15. The molecule has 2 heterocycles. The van der Waals surface area contributed by atoms with E-state index in [1.807, 2.05) is 24.4 Å². The number of H-pyrrole nitrogens is 1. The molecule has 24 heavy (non-hydrogen) atoms. The highest BCUT2D eigenvalue weighted by atomic mass is 16.3. The van der Waals surface area contributed by atoms with Gasteiger partial charge in [-0.15, -0.1) is 0 Å². The number of hydrogen-bond acceptors (Lipinski definition) is 3. The number of nitrogens with one attached hydrogen (secondary N) is 2. The van der Waals surface area contributed by atoms with Gasteiger partial charge in [-0.05, 0) is 37.3 Å². The molecule has 3 N–H and O–H groups in total. The Balaban J connectivity index is 1.49. The van der Waals surface area contributed by atoms with E-state index >= 15 is 0 Å². The van der Waals surface area contributed by atoms with E-state index < -0.39 is 6.10 Å². The highest BCUT2D eigenvalue weighted by Crippen LogP contribution is 2.17. The van der Waals surface area contributed by atoms with Crippen LogP contribution in [0.15, 0.2) is 30.5 Å². The Kier molecular flexibility index (Phi) is 5.15. The number of carbonyl (C=O) groups excluding carboxylic acids is 2. The van der Waals surface area contributed by atoms with E-state index in [1.165, 1.54) is 4.90 Å². The van der Waals surface area contributed by atoms with Crippen molar-refractivity contribution in [3.05, 3.63) is 36.0 Å². The van der Waals surface area contributed by atoms with E-state index in [0.29, 0.717) is 19.5 Å². The fourth-order valence-corrected chi connectivity index (χ4v) is 3.15. The third kappa shape index (κ3) is 3.76. The number of fused-ring (bicyclic) bond motifs is 1. The summed E-state index contributed by atoms with van der Waals surface area (Å²) in [4.78, 5) is 28.7. The first-order valence-corrected chi connectivity index (χ1v) is 8.43. The lowest BCUT2D eigenvalue weighted by atomic mass is 10.1. The van der Waals surface area contributed by atoms with Gasteiger partial charge in [-0.1, -0.05) is 18.2 Å². The van der Waals surface area contributed by atoms with Gasteiger partial charge in [0.1, 0.15) is 6.10 Å². The molecule has 6 heteroatoms. The maximum absolute atomic E-state index is 12.1. The average Bonchev–Trinajstić information content (AvgIpc) is 2.93. The number of rotatable bonds is 5. The third-order valence-corrected chi connectivity index (χ3v) is 4.48. The number of amides is 2. The Labute approximate surface area is 140 Å². The smallest absolute Gasteiger partial charge is 0.251 e. The van der Waals surface area contributed by atoms with E-state index in [4.69, 9.17) is 0 Å². The molecular formula is C18H23N3O3. The minimum Gasteiger partial charge on any atom is -0.383 e. The molecule has 0 saturated carbocycles. The molecule has 1 aliphatic heterocycles. The zero-order valence-electron chi connectivity index (χ0n) is 13.6. The van der Waals surface area contributed by atoms with Gasteiger partial charge in [-0.3, -0.25) is 9.59 Å². The van der Waals surface area contributed by atoms with Crippen LogP contribution in [0.3, 0.4) is 0 Å². The van der Waals surface area contributed by atoms with Crippen molar-refractivity contribution in [1.82, 2.24) is 15.2 Å². The second-order valence-corrected chi connectivity index (χ2v) is 6.23. The van der Waals surface area contributed by atoms with Crippen LogP contribution in [0.2, 0.25) is 0 Å². The summed E-state index contributed by atoms with van der Waals surface area (Å²) in [7, 11) is 0. The zero-order chi connectivity index (χ0) is 16.9. The van der Waals surface area contributed by atoms with Gasteiger partial charge in [-0.25, -0.2) is 0 Å². The fraction of sp³-hybridized carbons (Fsp3) is 0.444. The first-order chi connectivity index (χ1) is 11.6. The van der Waals surface area contributed by atoms with Crippen LogP contribution in [0.5, 0.6) is 0 Å². The van der Waals surface area contributed by atoms with Crippen LogP contribution in [0.25, 0.3) is 10.9 Å². The van der Waals surface area contributed by atoms with E-state index in [0.717, 1.165) is 35.7 Å². The van der Waals surface area contributed by atoms with Crippen LogP contribution in [-0.4, -0.2) is 52.5 Å². The molecule has 128 valence electrons. The Morgan fingerprint density at radius 1 is 1.33 bits per heavy atom. The van der Waals surface area contributed by atoms with Crippen LogP contribution >= 0.6 is 0 Å². The van der Waals surface area contributed by atoms with Crippen molar-refractivity contribution in [2.45, 2.75) is 31.8 Å². The Morgan fingerprint density at radius 3 is 3.04 bits per heavy atom. The summed E-state index contributed by atoms with van der Waals surface area (Å²) in [6.07, 6.45) is 3.85. The lowest BCUT2D eigenvalue weighted by molar-refractivity contribution is -0.142. The van der Waals surface area contributed by atoms with Crippen LogP contribution in [-0.2, 0) is 16.0 Å². The molecule has 0 bridgehead atoms. The third-order valence-electron chi connectivity index (χ3n) is 4.48. The van der Waals surface area contributed by atoms with Crippen LogP contribution in [0.4, 0.5) is 0 Å². The van der Waals surface area contributed by atoms with Crippen molar-refractivity contribution in [3.8, 4) is 0 Å². The first kappa shape index (κ1) is 16.5. The zero-order valence-corrected chi connectivity index (χ0v) is 13.6. The monoisotopic (exact) mass is 329 g/mol. The number of aliphatic hydroxyl groups excluding tert-OH is 1. The standard InChI is InChI=1S/C18H23N3O3/c22-16-7-3-4-10-21(18(16)24)12-17(23)19-9-8-13-11-20-15-6-2-1-5-14(13)15/h1-2,5-6,11,16,20,22H,3-4,7-10,12H2,(H,19,23). The predicted octanol–water partition coefficient (Wildman–Crippen LogP) is 1.20. The average molecular weight is 329 g/mol. The van der Waals surface area contributed by atoms with Crippen LogP contribution in [0.1, 0.15) is 24.8 Å². The molecule has 1 aromatic carbocycles. The quantitative estimate of drug-likeness (QED) is 0.770. The number of nitrogens with zero attached hydrogens (tertiary/aromatic N) is 1. The van der Waals surface area contributed by atoms with Gasteiger partial charge in [0.05, 0.1) is 6.54 Å². The number of likely N-dealkylation sites (tertiary alicyclic amines) is 1. The highest BCUT2D eigenvalue weighted by molar-refractivity contribution is 5.87. The molecule has 0 spiro atoms. The summed E-state index contributed by atoms with van der Waals surface area (Å²) in [6, 6.07) is 8.06. The van der Waals surface area contributed by atoms with Gasteiger partial charge in [0.2, 0.25) is 5.91 Å². The van der Waals surface area contributed by atoms with Crippen LogP contribution < -0.4 is 5.32 Å². The lowest BCUT2D eigenvalue weighted by Gasteiger charge is -2.21. The molecule has 1 atom stereocenters. The summed E-state index contributed by atoms with van der Waals surface area (Å²) in [6.45, 7) is 1.07. The van der Waals surface area contributed by atoms with Crippen molar-refractivity contribution in [3.63, 3.8) is 0 Å². The van der Waals surface area contributed by atoms with Gasteiger partial charge in [0, 0.05) is 30.2 Å². The molecule has 1 aliphatic rings. The van der Waals surface area contributed by atoms with E-state index in [1.54, 1.807) is 0 Å². The summed E-state index contributed by atoms with van der Waals surface area (Å²) in [5.74, 6) is -0.517. The number of carbonyl (C=O) groups is 2. The predicted molar refractivity (Wildman–Crippen MR) is 91.5 cm³/mol. The van der Waals surface area contributed by atoms with Crippen molar-refractivity contribution >= 4 is 22.7 Å². The van der Waals surface area contributed by atoms with Crippen molar-refractivity contribution in [2.75, 3.05) is 19.6 Å². The van der Waals surface area contributed by atoms with Crippen molar-refractivity contribution < 1.29 is 14.7 Å². The van der Waals surface area contributed by atoms with E-state index in [-0.39, 0.29) is 18.4 Å². The molecule has 3 rings (SSSR count). The molecule has 2 aromatic rings. The minimum atomic E-state index is -0.966. The maximum atomic E-state index is 12.1. The first-order valence-electron chi connectivity index (χ1n) is 8.43. The summed E-state index contributed by atoms with van der Waals surface area (Å²) in [5, 5.41) is 13.7. The van der Waals surface area contributed by atoms with Gasteiger partial charge in [0.15, 0.2) is 0 Å². The topological polar surface area (TPSA) is 85.4 Å². The van der Waals surface area contributed by atoms with Gasteiger partial charge >= 0.3 is 0 Å². The van der Waals surface area contributed by atoms with Crippen LogP contribution in [0, 0.1) is 0 Å². The number of benzene rings is 1. The second-order valence-electron chi connectivity index (χ2n) is 6.23. The summed E-state index contributed by atoms with van der Waals surface area (Å²) < 4.78 is 0. The number of aromatic nitrogens is 1. The number of hydrogen-bond donors (Lipinski definition) is 3. The minimum absolute atomic E-state index is 0.0176. The molecular weight excluding hydrogens is 306 g/mol. The normalized spacial score (nSPS) is 18.6. The SMILES string of the molecule is O=C(CN1CCCCC(O)C1=O)NCCc1c[nH]c2ccccc12. The lowest BCUT2D eigenvalue weighted by Crippen LogP contribution is -2.44. The molecule has 0 radical (unpaired) electrons. The van der Waals surface area contributed by atoms with Gasteiger partial charge < -0.3 is 20.3 Å². The number of para-hydroxylation sites is 1. The summed E-state index contributed by atoms with van der Waals surface area (Å²) in [5.41, 5.74) is 2.25. The maximum Gasteiger partial charge on any atom is 0.251 e.